The minimum Gasteiger partial charge on any atom is -0.324 e. The standard InChI is InChI=1S/C10H25NOP2/c1-9(2)11(10(3)4)13(5)8-14(6,7)12/h9-10H,8H2,1-7H3. The lowest BCUT2D eigenvalue weighted by Gasteiger charge is -2.36. The van der Waals surface area contributed by atoms with E-state index in [1.165, 1.54) is 0 Å². The molecule has 0 aromatic carbocycles. The summed E-state index contributed by atoms with van der Waals surface area (Å²) < 4.78 is 14.3. The summed E-state index contributed by atoms with van der Waals surface area (Å²) in [6.45, 7) is 14.9. The summed E-state index contributed by atoms with van der Waals surface area (Å²) in [5, 5.41) is 0. The minimum absolute atomic E-state index is 0.241. The molecule has 86 valence electrons. The van der Waals surface area contributed by atoms with E-state index in [1.807, 2.05) is 13.3 Å². The molecule has 1 unspecified atom stereocenters. The Bertz CT molecular complexity index is 202. The van der Waals surface area contributed by atoms with Gasteiger partial charge in [0.05, 0.1) is 7.14 Å². The first-order valence-corrected chi connectivity index (χ1v) is 9.90. The lowest BCUT2D eigenvalue weighted by molar-refractivity contribution is 0.324. The van der Waals surface area contributed by atoms with Gasteiger partial charge in [0, 0.05) is 18.0 Å². The summed E-state index contributed by atoms with van der Waals surface area (Å²) in [7, 11) is -2.11. The van der Waals surface area contributed by atoms with Gasteiger partial charge in [0.2, 0.25) is 0 Å². The SMILES string of the molecule is CC(C)N(C(C)C)P(C)CP(C)(C)=O. The Morgan fingerprint density at radius 2 is 1.50 bits per heavy atom. The molecule has 0 saturated heterocycles. The summed E-state index contributed by atoms with van der Waals surface area (Å²) >= 11 is 0. The second kappa shape index (κ2) is 5.64. The van der Waals surface area contributed by atoms with Gasteiger partial charge in [-0.3, -0.25) is 4.67 Å². The molecule has 0 fully saturated rings. The van der Waals surface area contributed by atoms with Gasteiger partial charge in [-0.25, -0.2) is 0 Å². The van der Waals surface area contributed by atoms with E-state index in [1.54, 1.807) is 0 Å². The highest BCUT2D eigenvalue weighted by atomic mass is 31.2. The van der Waals surface area contributed by atoms with Crippen molar-refractivity contribution in [2.24, 2.45) is 0 Å². The van der Waals surface area contributed by atoms with Gasteiger partial charge in [0.1, 0.15) is 0 Å². The van der Waals surface area contributed by atoms with Crippen LogP contribution in [0.1, 0.15) is 27.7 Å². The Balaban J connectivity index is 4.45. The smallest absolute Gasteiger partial charge is 0.0871 e. The molecule has 0 N–H and O–H groups in total. The molecule has 0 aliphatic carbocycles. The van der Waals surface area contributed by atoms with E-state index in [4.69, 9.17) is 0 Å². The quantitative estimate of drug-likeness (QED) is 0.679. The average molecular weight is 237 g/mol. The van der Waals surface area contributed by atoms with Gasteiger partial charge in [0.15, 0.2) is 0 Å². The van der Waals surface area contributed by atoms with Gasteiger partial charge < -0.3 is 4.57 Å². The number of nitrogens with zero attached hydrogens (tertiary/aromatic N) is 1. The van der Waals surface area contributed by atoms with Crippen LogP contribution in [0.25, 0.3) is 0 Å². The van der Waals surface area contributed by atoms with Crippen molar-refractivity contribution in [2.75, 3.05) is 25.9 Å². The molecule has 0 aromatic heterocycles. The van der Waals surface area contributed by atoms with Crippen LogP contribution in [0.5, 0.6) is 0 Å². The summed E-state index contributed by atoms with van der Waals surface area (Å²) in [5.74, 6) is 0.888. The summed E-state index contributed by atoms with van der Waals surface area (Å²) in [6.07, 6.45) is 0. The Kier molecular flexibility index (Phi) is 5.88. The normalized spacial score (nSPS) is 15.6. The fraction of sp³-hybridized carbons (Fsp3) is 1.00. The van der Waals surface area contributed by atoms with Crippen molar-refractivity contribution >= 4 is 15.2 Å². The number of hydrogen-bond donors (Lipinski definition) is 0. The lowest BCUT2D eigenvalue weighted by atomic mass is 10.3. The molecule has 0 aromatic rings. The molecule has 0 bridgehead atoms. The van der Waals surface area contributed by atoms with E-state index in [0.717, 1.165) is 5.90 Å². The van der Waals surface area contributed by atoms with E-state index < -0.39 is 7.14 Å². The van der Waals surface area contributed by atoms with Gasteiger partial charge in [-0.2, -0.15) is 0 Å². The van der Waals surface area contributed by atoms with Crippen LogP contribution < -0.4 is 0 Å². The van der Waals surface area contributed by atoms with Crippen LogP contribution in [-0.2, 0) is 4.57 Å². The molecule has 0 saturated carbocycles. The maximum absolute atomic E-state index is 11.8. The predicted molar refractivity (Wildman–Crippen MR) is 69.3 cm³/mol. The maximum Gasteiger partial charge on any atom is 0.0871 e. The van der Waals surface area contributed by atoms with Crippen LogP contribution in [-0.4, -0.2) is 42.7 Å². The number of rotatable bonds is 5. The van der Waals surface area contributed by atoms with E-state index >= 15 is 0 Å². The van der Waals surface area contributed by atoms with Crippen LogP contribution in [0.3, 0.4) is 0 Å². The second-order valence-electron chi connectivity index (χ2n) is 4.94. The van der Waals surface area contributed by atoms with Gasteiger partial charge in [-0.15, -0.1) is 0 Å². The molecule has 0 rings (SSSR count). The first-order chi connectivity index (χ1) is 6.15. The molecule has 0 radical (unpaired) electrons. The molecule has 1 atom stereocenters. The van der Waals surface area contributed by atoms with Crippen LogP contribution in [0, 0.1) is 0 Å². The molecule has 2 nitrogen and oxygen atoms in total. The van der Waals surface area contributed by atoms with Crippen molar-refractivity contribution in [1.82, 2.24) is 4.67 Å². The third kappa shape index (κ3) is 5.49. The van der Waals surface area contributed by atoms with E-state index in [9.17, 15) is 4.57 Å². The zero-order valence-electron chi connectivity index (χ0n) is 10.6. The molecular formula is C10H25NOP2. The molecule has 0 amide bonds. The number of hydrogen-bond acceptors (Lipinski definition) is 2. The molecule has 0 aliphatic heterocycles. The van der Waals surface area contributed by atoms with Crippen molar-refractivity contribution in [2.45, 2.75) is 39.8 Å². The molecule has 14 heavy (non-hydrogen) atoms. The average Bonchev–Trinajstić information content (AvgIpc) is 1.78. The van der Waals surface area contributed by atoms with Crippen molar-refractivity contribution < 1.29 is 4.57 Å². The highest BCUT2D eigenvalue weighted by molar-refractivity contribution is 7.75. The first kappa shape index (κ1) is 14.6. The lowest BCUT2D eigenvalue weighted by Crippen LogP contribution is -2.32. The Labute approximate surface area is 90.6 Å². The summed E-state index contributed by atoms with van der Waals surface area (Å²) in [6, 6.07) is 1.11. The second-order valence-corrected chi connectivity index (χ2v) is 11.0. The van der Waals surface area contributed by atoms with Crippen molar-refractivity contribution in [3.05, 3.63) is 0 Å². The zero-order chi connectivity index (χ0) is 11.5. The van der Waals surface area contributed by atoms with Gasteiger partial charge in [-0.1, -0.05) is 0 Å². The van der Waals surface area contributed by atoms with Gasteiger partial charge >= 0.3 is 0 Å². The minimum atomic E-state index is -1.87. The van der Waals surface area contributed by atoms with Crippen LogP contribution in [0.4, 0.5) is 0 Å². The van der Waals surface area contributed by atoms with Gasteiger partial charge in [-0.05, 0) is 55.8 Å². The van der Waals surface area contributed by atoms with Crippen molar-refractivity contribution in [3.8, 4) is 0 Å². The molecule has 0 heterocycles. The van der Waals surface area contributed by atoms with E-state index in [-0.39, 0.29) is 8.07 Å². The Morgan fingerprint density at radius 1 is 1.14 bits per heavy atom. The maximum atomic E-state index is 11.8. The van der Waals surface area contributed by atoms with Crippen molar-refractivity contribution in [1.29, 1.82) is 0 Å². The van der Waals surface area contributed by atoms with Crippen molar-refractivity contribution in [3.63, 3.8) is 0 Å². The molecule has 0 aliphatic rings. The zero-order valence-corrected chi connectivity index (χ0v) is 12.4. The van der Waals surface area contributed by atoms with Gasteiger partial charge in [0.25, 0.3) is 0 Å². The Hall–Kier alpha value is 0.620. The monoisotopic (exact) mass is 237 g/mol. The topological polar surface area (TPSA) is 20.3 Å². The third-order valence-corrected chi connectivity index (χ3v) is 8.07. The molecule has 4 heteroatoms. The third-order valence-electron chi connectivity index (χ3n) is 2.00. The summed E-state index contributed by atoms with van der Waals surface area (Å²) in [5.41, 5.74) is 0. The van der Waals surface area contributed by atoms with E-state index in [2.05, 4.69) is 39.0 Å². The Morgan fingerprint density at radius 3 is 1.71 bits per heavy atom. The first-order valence-electron chi connectivity index (χ1n) is 5.18. The fourth-order valence-corrected chi connectivity index (χ4v) is 8.05. The highest BCUT2D eigenvalue weighted by Crippen LogP contribution is 2.53. The van der Waals surface area contributed by atoms with E-state index in [0.29, 0.717) is 12.1 Å². The van der Waals surface area contributed by atoms with Crippen LogP contribution >= 0.6 is 15.2 Å². The summed E-state index contributed by atoms with van der Waals surface area (Å²) in [4.78, 5) is 0. The van der Waals surface area contributed by atoms with Crippen LogP contribution in [0.2, 0.25) is 0 Å². The highest BCUT2D eigenvalue weighted by Gasteiger charge is 2.23. The largest absolute Gasteiger partial charge is 0.324 e. The fourth-order valence-electron chi connectivity index (χ4n) is 1.95. The predicted octanol–water partition coefficient (Wildman–Crippen LogP) is 3.71. The van der Waals surface area contributed by atoms with Crippen LogP contribution in [0.15, 0.2) is 0 Å². The molecular weight excluding hydrogens is 212 g/mol. The molecule has 0 spiro atoms.